The molecule has 0 radical (unpaired) electrons. The molecular formula is C15H27NO3S. The van der Waals surface area contributed by atoms with Crippen LogP contribution in [0.15, 0.2) is 0 Å². The number of amides is 1. The number of rotatable bonds is 4. The Labute approximate surface area is 122 Å². The van der Waals surface area contributed by atoms with Gasteiger partial charge in [0.05, 0.1) is 11.5 Å². The van der Waals surface area contributed by atoms with Crippen LogP contribution in [0.5, 0.6) is 0 Å². The van der Waals surface area contributed by atoms with E-state index in [4.69, 9.17) is 0 Å². The fourth-order valence-corrected chi connectivity index (χ4v) is 5.37. The van der Waals surface area contributed by atoms with E-state index in [0.717, 1.165) is 25.8 Å². The topological polar surface area (TPSA) is 54.5 Å². The maximum atomic E-state index is 12.5. The van der Waals surface area contributed by atoms with Gasteiger partial charge in [-0.3, -0.25) is 4.79 Å². The summed E-state index contributed by atoms with van der Waals surface area (Å²) in [5.74, 6) is 0.665. The first kappa shape index (κ1) is 15.8. The fourth-order valence-electron chi connectivity index (χ4n) is 3.51. The number of carbonyl (C=O) groups is 1. The van der Waals surface area contributed by atoms with Gasteiger partial charge in [-0.15, -0.1) is 0 Å². The molecule has 5 heteroatoms. The highest BCUT2D eigenvalue weighted by molar-refractivity contribution is 7.91. The Morgan fingerprint density at radius 1 is 1.30 bits per heavy atom. The lowest BCUT2D eigenvalue weighted by Crippen LogP contribution is -2.44. The SMILES string of the molecule is CCC(C)(C)[C@H]1CCCN1C(=O)C[C@H]1CCS(=O)(=O)C1. The van der Waals surface area contributed by atoms with Gasteiger partial charge in [-0.2, -0.15) is 0 Å². The van der Waals surface area contributed by atoms with Crippen LogP contribution in [-0.4, -0.2) is 43.3 Å². The Morgan fingerprint density at radius 2 is 2.00 bits per heavy atom. The van der Waals surface area contributed by atoms with Crippen LogP contribution >= 0.6 is 0 Å². The van der Waals surface area contributed by atoms with Crippen LogP contribution in [0.2, 0.25) is 0 Å². The zero-order valence-corrected chi connectivity index (χ0v) is 13.7. The van der Waals surface area contributed by atoms with Crippen LogP contribution in [0.1, 0.15) is 52.9 Å². The van der Waals surface area contributed by atoms with Crippen molar-refractivity contribution in [3.8, 4) is 0 Å². The summed E-state index contributed by atoms with van der Waals surface area (Å²) in [5.41, 5.74) is 0.147. The third-order valence-corrected chi connectivity index (χ3v) is 7.01. The lowest BCUT2D eigenvalue weighted by Gasteiger charge is -2.37. The van der Waals surface area contributed by atoms with Gasteiger partial charge >= 0.3 is 0 Å². The van der Waals surface area contributed by atoms with Crippen molar-refractivity contribution in [3.63, 3.8) is 0 Å². The Kier molecular flexibility index (Phi) is 4.47. The Bertz CT molecular complexity index is 470. The summed E-state index contributed by atoms with van der Waals surface area (Å²) in [6.45, 7) is 7.46. The number of hydrogen-bond donors (Lipinski definition) is 0. The van der Waals surface area contributed by atoms with E-state index < -0.39 is 9.84 Å². The van der Waals surface area contributed by atoms with Gasteiger partial charge < -0.3 is 4.90 Å². The molecule has 2 heterocycles. The molecule has 4 nitrogen and oxygen atoms in total. The predicted molar refractivity (Wildman–Crippen MR) is 80.2 cm³/mol. The van der Waals surface area contributed by atoms with Crippen molar-refractivity contribution in [2.45, 2.75) is 58.9 Å². The van der Waals surface area contributed by atoms with Gasteiger partial charge in [0, 0.05) is 19.0 Å². The van der Waals surface area contributed by atoms with Crippen molar-refractivity contribution in [2.75, 3.05) is 18.1 Å². The van der Waals surface area contributed by atoms with E-state index >= 15 is 0 Å². The van der Waals surface area contributed by atoms with Crippen molar-refractivity contribution in [2.24, 2.45) is 11.3 Å². The number of carbonyl (C=O) groups excluding carboxylic acids is 1. The fraction of sp³-hybridized carbons (Fsp3) is 0.933. The van der Waals surface area contributed by atoms with E-state index in [1.165, 1.54) is 0 Å². The molecule has 116 valence electrons. The summed E-state index contributed by atoms with van der Waals surface area (Å²) in [7, 11) is -2.88. The van der Waals surface area contributed by atoms with Crippen molar-refractivity contribution in [3.05, 3.63) is 0 Å². The average Bonchev–Trinajstić information content (AvgIpc) is 2.96. The lowest BCUT2D eigenvalue weighted by molar-refractivity contribution is -0.135. The van der Waals surface area contributed by atoms with Crippen molar-refractivity contribution >= 4 is 15.7 Å². The minimum atomic E-state index is -2.88. The van der Waals surface area contributed by atoms with Crippen LogP contribution in [-0.2, 0) is 14.6 Å². The molecule has 2 rings (SSSR count). The van der Waals surface area contributed by atoms with E-state index in [1.54, 1.807) is 0 Å². The first-order chi connectivity index (χ1) is 9.25. The van der Waals surface area contributed by atoms with Crippen molar-refractivity contribution in [1.82, 2.24) is 4.90 Å². The largest absolute Gasteiger partial charge is 0.339 e. The van der Waals surface area contributed by atoms with Crippen LogP contribution < -0.4 is 0 Å². The molecule has 2 saturated heterocycles. The van der Waals surface area contributed by atoms with E-state index in [2.05, 4.69) is 20.8 Å². The first-order valence-corrected chi connectivity index (χ1v) is 9.57. The third kappa shape index (κ3) is 3.35. The van der Waals surface area contributed by atoms with Crippen LogP contribution in [0, 0.1) is 11.3 Å². The van der Waals surface area contributed by atoms with E-state index in [0.29, 0.717) is 18.9 Å². The molecule has 0 aliphatic carbocycles. The number of hydrogen-bond acceptors (Lipinski definition) is 3. The van der Waals surface area contributed by atoms with Crippen molar-refractivity contribution in [1.29, 1.82) is 0 Å². The van der Waals surface area contributed by atoms with Gasteiger partial charge in [0.25, 0.3) is 0 Å². The molecule has 0 aromatic rings. The molecule has 2 aliphatic rings. The number of likely N-dealkylation sites (tertiary alicyclic amines) is 1. The van der Waals surface area contributed by atoms with Gasteiger partial charge in [0.2, 0.25) is 5.91 Å². The van der Waals surface area contributed by atoms with Gasteiger partial charge in [-0.05, 0) is 37.0 Å². The Hall–Kier alpha value is -0.580. The standard InChI is InChI=1S/C15H27NO3S/c1-4-15(2,3)13-6-5-8-16(13)14(17)10-12-7-9-20(18,19)11-12/h12-13H,4-11H2,1-3H3/t12-,13-/m1/s1. The quantitative estimate of drug-likeness (QED) is 0.800. The molecule has 0 N–H and O–H groups in total. The smallest absolute Gasteiger partial charge is 0.223 e. The monoisotopic (exact) mass is 301 g/mol. The Balaban J connectivity index is 1.98. The van der Waals surface area contributed by atoms with Crippen LogP contribution in [0.25, 0.3) is 0 Å². The highest BCUT2D eigenvalue weighted by Crippen LogP contribution is 2.36. The van der Waals surface area contributed by atoms with Crippen molar-refractivity contribution < 1.29 is 13.2 Å². The summed E-state index contributed by atoms with van der Waals surface area (Å²) >= 11 is 0. The van der Waals surface area contributed by atoms with E-state index in [1.807, 2.05) is 4.90 Å². The first-order valence-electron chi connectivity index (χ1n) is 7.75. The molecular weight excluding hydrogens is 274 g/mol. The number of nitrogens with zero attached hydrogens (tertiary/aromatic N) is 1. The molecule has 2 atom stereocenters. The zero-order chi connectivity index (χ0) is 15.0. The molecule has 0 aromatic carbocycles. The van der Waals surface area contributed by atoms with Gasteiger partial charge in [-0.25, -0.2) is 8.42 Å². The second-order valence-electron chi connectivity index (χ2n) is 7.06. The van der Waals surface area contributed by atoms with Gasteiger partial charge in [0.15, 0.2) is 9.84 Å². The van der Waals surface area contributed by atoms with E-state index in [-0.39, 0.29) is 28.7 Å². The van der Waals surface area contributed by atoms with Crippen LogP contribution in [0.4, 0.5) is 0 Å². The third-order valence-electron chi connectivity index (χ3n) is 5.18. The predicted octanol–water partition coefficient (Wildman–Crippen LogP) is 2.24. The second-order valence-corrected chi connectivity index (χ2v) is 9.29. The van der Waals surface area contributed by atoms with Gasteiger partial charge in [0.1, 0.15) is 0 Å². The number of sulfone groups is 1. The molecule has 0 aromatic heterocycles. The van der Waals surface area contributed by atoms with Gasteiger partial charge in [-0.1, -0.05) is 20.8 Å². The summed E-state index contributed by atoms with van der Waals surface area (Å²) in [6, 6.07) is 0.318. The highest BCUT2D eigenvalue weighted by Gasteiger charge is 2.39. The minimum Gasteiger partial charge on any atom is -0.339 e. The maximum Gasteiger partial charge on any atom is 0.223 e. The van der Waals surface area contributed by atoms with E-state index in [9.17, 15) is 13.2 Å². The molecule has 0 spiro atoms. The second kappa shape index (κ2) is 5.66. The molecule has 2 aliphatic heterocycles. The Morgan fingerprint density at radius 3 is 2.55 bits per heavy atom. The molecule has 0 saturated carbocycles. The lowest BCUT2D eigenvalue weighted by atomic mass is 9.80. The average molecular weight is 301 g/mol. The molecule has 0 unspecified atom stereocenters. The summed E-state index contributed by atoms with van der Waals surface area (Å²) < 4.78 is 23.0. The molecule has 0 bridgehead atoms. The molecule has 2 fully saturated rings. The minimum absolute atomic E-state index is 0.0403. The zero-order valence-electron chi connectivity index (χ0n) is 12.9. The summed E-state index contributed by atoms with van der Waals surface area (Å²) in [4.78, 5) is 14.5. The summed E-state index contributed by atoms with van der Waals surface area (Å²) in [6.07, 6.45) is 4.27. The maximum absolute atomic E-state index is 12.5. The highest BCUT2D eigenvalue weighted by atomic mass is 32.2. The van der Waals surface area contributed by atoms with Crippen LogP contribution in [0.3, 0.4) is 0 Å². The molecule has 20 heavy (non-hydrogen) atoms. The normalized spacial score (nSPS) is 29.9. The summed E-state index contributed by atoms with van der Waals surface area (Å²) in [5, 5.41) is 0. The molecule has 1 amide bonds.